The van der Waals surface area contributed by atoms with Crippen LogP contribution in [0.25, 0.3) is 11.0 Å². The molecule has 1 amide bonds. The molecule has 1 aromatic carbocycles. The maximum Gasteiger partial charge on any atom is 0.252 e. The van der Waals surface area contributed by atoms with E-state index >= 15 is 0 Å². The van der Waals surface area contributed by atoms with Crippen LogP contribution in [0.2, 0.25) is 5.02 Å². The number of nitrogens with zero attached hydrogens (tertiary/aromatic N) is 5. The van der Waals surface area contributed by atoms with Crippen LogP contribution < -0.4 is 10.2 Å². The number of fused-ring (bicyclic) bond motifs is 1. The van der Waals surface area contributed by atoms with Crippen LogP contribution in [-0.4, -0.2) is 64.8 Å². The minimum Gasteiger partial charge on any atom is -0.378 e. The van der Waals surface area contributed by atoms with Gasteiger partial charge in [0.2, 0.25) is 0 Å². The minimum absolute atomic E-state index is 0.230. The molecule has 1 saturated heterocycles. The van der Waals surface area contributed by atoms with E-state index in [9.17, 15) is 4.79 Å². The number of carbonyl (C=O) groups is 1. The first-order valence-electron chi connectivity index (χ1n) is 9.40. The third kappa shape index (κ3) is 4.56. The predicted octanol–water partition coefficient (Wildman–Crippen LogP) is 3.23. The van der Waals surface area contributed by atoms with Gasteiger partial charge in [0.25, 0.3) is 5.91 Å². The van der Waals surface area contributed by atoms with Gasteiger partial charge in [0.15, 0.2) is 10.8 Å². The predicted molar refractivity (Wildman–Crippen MR) is 122 cm³/mol. The van der Waals surface area contributed by atoms with Crippen LogP contribution >= 0.6 is 39.3 Å². The van der Waals surface area contributed by atoms with E-state index in [4.69, 9.17) is 21.3 Å². The second-order valence-electron chi connectivity index (χ2n) is 6.62. The van der Waals surface area contributed by atoms with Gasteiger partial charge in [-0.25, -0.2) is 14.6 Å². The highest BCUT2D eigenvalue weighted by Crippen LogP contribution is 2.27. The van der Waals surface area contributed by atoms with Gasteiger partial charge in [-0.15, -0.1) is 0 Å². The van der Waals surface area contributed by atoms with E-state index in [1.807, 2.05) is 6.26 Å². The standard InChI is InChI=1S/C19H20BrClN6O2S/c1-30-19-24-16(26-6-8-29-9-7-26)14-11-23-27(17(14)25-19)5-4-22-18(28)13-10-12(20)2-3-15(13)21/h2-3,10-11H,4-9H2,1H3,(H,22,28). The number of carbonyl (C=O) groups excluding carboxylic acids is 1. The molecular weight excluding hydrogens is 492 g/mol. The maximum atomic E-state index is 12.5. The van der Waals surface area contributed by atoms with Crippen molar-refractivity contribution in [3.05, 3.63) is 39.5 Å². The van der Waals surface area contributed by atoms with Crippen molar-refractivity contribution in [2.75, 3.05) is 44.0 Å². The number of rotatable bonds is 6. The first kappa shape index (κ1) is 21.4. The fourth-order valence-corrected chi connectivity index (χ4v) is 4.15. The number of anilines is 1. The Labute approximate surface area is 191 Å². The van der Waals surface area contributed by atoms with Gasteiger partial charge in [-0.1, -0.05) is 39.3 Å². The number of ether oxygens (including phenoxy) is 1. The Bertz CT molecular complexity index is 1070. The van der Waals surface area contributed by atoms with E-state index < -0.39 is 0 Å². The molecule has 0 atom stereocenters. The van der Waals surface area contributed by atoms with Crippen molar-refractivity contribution in [3.8, 4) is 0 Å². The van der Waals surface area contributed by atoms with Crippen LogP contribution in [0.3, 0.4) is 0 Å². The fraction of sp³-hybridized carbons (Fsp3) is 0.368. The van der Waals surface area contributed by atoms with E-state index in [1.165, 1.54) is 11.8 Å². The molecule has 1 fully saturated rings. The van der Waals surface area contributed by atoms with Gasteiger partial charge in [-0.3, -0.25) is 4.79 Å². The Kier molecular flexibility index (Phi) is 6.77. The largest absolute Gasteiger partial charge is 0.378 e. The van der Waals surface area contributed by atoms with Crippen LogP contribution in [0.1, 0.15) is 10.4 Å². The minimum atomic E-state index is -0.230. The Balaban J connectivity index is 1.52. The molecule has 0 aliphatic carbocycles. The average Bonchev–Trinajstić information content (AvgIpc) is 3.18. The zero-order valence-electron chi connectivity index (χ0n) is 16.3. The number of nitrogens with one attached hydrogen (secondary N) is 1. The summed E-state index contributed by atoms with van der Waals surface area (Å²) < 4.78 is 8.05. The van der Waals surface area contributed by atoms with Crippen LogP contribution in [0.15, 0.2) is 34.0 Å². The maximum absolute atomic E-state index is 12.5. The molecule has 3 aromatic rings. The van der Waals surface area contributed by atoms with Crippen molar-refractivity contribution in [1.82, 2.24) is 25.1 Å². The van der Waals surface area contributed by atoms with Gasteiger partial charge in [-0.05, 0) is 24.5 Å². The van der Waals surface area contributed by atoms with E-state index in [2.05, 4.69) is 36.2 Å². The highest BCUT2D eigenvalue weighted by Gasteiger charge is 2.20. The highest BCUT2D eigenvalue weighted by molar-refractivity contribution is 9.10. The van der Waals surface area contributed by atoms with Gasteiger partial charge >= 0.3 is 0 Å². The summed E-state index contributed by atoms with van der Waals surface area (Å²) in [5, 5.41) is 9.39. The van der Waals surface area contributed by atoms with Crippen LogP contribution in [-0.2, 0) is 11.3 Å². The molecule has 1 aliphatic rings. The van der Waals surface area contributed by atoms with Crippen LogP contribution in [0.4, 0.5) is 5.82 Å². The number of hydrogen-bond donors (Lipinski definition) is 1. The monoisotopic (exact) mass is 510 g/mol. The van der Waals surface area contributed by atoms with Gasteiger partial charge in [0.1, 0.15) is 5.82 Å². The molecule has 8 nitrogen and oxygen atoms in total. The zero-order valence-corrected chi connectivity index (χ0v) is 19.4. The molecule has 30 heavy (non-hydrogen) atoms. The quantitative estimate of drug-likeness (QED) is 0.402. The third-order valence-corrected chi connectivity index (χ3v) is 6.10. The number of aromatic nitrogens is 4. The molecule has 0 spiro atoms. The number of thioether (sulfide) groups is 1. The van der Waals surface area contributed by atoms with Crippen molar-refractivity contribution in [3.63, 3.8) is 0 Å². The van der Waals surface area contributed by atoms with Gasteiger partial charge in [0.05, 0.1) is 41.9 Å². The first-order chi connectivity index (χ1) is 14.6. The van der Waals surface area contributed by atoms with Crippen LogP contribution in [0, 0.1) is 0 Å². The summed E-state index contributed by atoms with van der Waals surface area (Å²) in [6.45, 7) is 3.80. The van der Waals surface area contributed by atoms with Gasteiger partial charge in [0, 0.05) is 24.1 Å². The lowest BCUT2D eigenvalue weighted by Gasteiger charge is -2.28. The van der Waals surface area contributed by atoms with Crippen molar-refractivity contribution >= 4 is 62.1 Å². The van der Waals surface area contributed by atoms with E-state index in [1.54, 1.807) is 29.1 Å². The van der Waals surface area contributed by atoms with Gasteiger partial charge in [-0.2, -0.15) is 5.10 Å². The van der Waals surface area contributed by atoms with E-state index in [0.29, 0.717) is 42.0 Å². The molecule has 1 aliphatic heterocycles. The number of amides is 1. The second-order valence-corrected chi connectivity index (χ2v) is 8.71. The molecule has 3 heterocycles. The van der Waals surface area contributed by atoms with E-state index in [0.717, 1.165) is 34.4 Å². The zero-order chi connectivity index (χ0) is 21.1. The lowest BCUT2D eigenvalue weighted by molar-refractivity contribution is 0.0952. The molecule has 0 unspecified atom stereocenters. The number of morpholine rings is 1. The molecule has 0 radical (unpaired) electrons. The Hall–Kier alpha value is -1.88. The van der Waals surface area contributed by atoms with Crippen molar-refractivity contribution in [2.24, 2.45) is 0 Å². The molecule has 0 bridgehead atoms. The first-order valence-corrected chi connectivity index (χ1v) is 11.8. The lowest BCUT2D eigenvalue weighted by Crippen LogP contribution is -2.37. The summed E-state index contributed by atoms with van der Waals surface area (Å²) in [5.74, 6) is 0.648. The SMILES string of the molecule is CSc1nc(N2CCOCC2)c2cnn(CCNC(=O)c3cc(Br)ccc3Cl)c2n1. The summed E-state index contributed by atoms with van der Waals surface area (Å²) >= 11 is 11.0. The summed E-state index contributed by atoms with van der Waals surface area (Å²) in [6, 6.07) is 5.19. The van der Waals surface area contributed by atoms with Crippen molar-refractivity contribution < 1.29 is 9.53 Å². The number of hydrogen-bond acceptors (Lipinski definition) is 7. The number of halogens is 2. The summed E-state index contributed by atoms with van der Waals surface area (Å²) in [4.78, 5) is 24.0. The Morgan fingerprint density at radius 2 is 2.13 bits per heavy atom. The number of benzene rings is 1. The second kappa shape index (κ2) is 9.51. The smallest absolute Gasteiger partial charge is 0.252 e. The van der Waals surface area contributed by atoms with Gasteiger partial charge < -0.3 is 15.0 Å². The lowest BCUT2D eigenvalue weighted by atomic mass is 10.2. The normalized spacial score (nSPS) is 14.3. The summed E-state index contributed by atoms with van der Waals surface area (Å²) in [7, 11) is 0. The molecule has 2 aromatic heterocycles. The molecule has 158 valence electrons. The topological polar surface area (TPSA) is 85.2 Å². The van der Waals surface area contributed by atoms with Crippen molar-refractivity contribution in [2.45, 2.75) is 11.7 Å². The van der Waals surface area contributed by atoms with Crippen LogP contribution in [0.5, 0.6) is 0 Å². The molecular formula is C19H20BrClN6O2S. The molecule has 4 rings (SSSR count). The molecule has 1 N–H and O–H groups in total. The summed E-state index contributed by atoms with van der Waals surface area (Å²) in [5.41, 5.74) is 1.18. The molecule has 11 heteroatoms. The summed E-state index contributed by atoms with van der Waals surface area (Å²) in [6.07, 6.45) is 3.74. The average molecular weight is 512 g/mol. The molecule has 0 saturated carbocycles. The fourth-order valence-electron chi connectivity index (χ4n) is 3.23. The highest BCUT2D eigenvalue weighted by atomic mass is 79.9. The Morgan fingerprint density at radius 1 is 1.33 bits per heavy atom. The van der Waals surface area contributed by atoms with Crippen molar-refractivity contribution in [1.29, 1.82) is 0 Å². The van der Waals surface area contributed by atoms with E-state index in [-0.39, 0.29) is 5.91 Å². The Morgan fingerprint density at radius 3 is 2.90 bits per heavy atom. The third-order valence-electron chi connectivity index (χ3n) is 4.73.